The number of rotatable bonds is 11. The van der Waals surface area contributed by atoms with E-state index in [9.17, 15) is 18.3 Å². The first-order valence-electron chi connectivity index (χ1n) is 8.85. The van der Waals surface area contributed by atoms with Crippen molar-refractivity contribution in [2.75, 3.05) is 13.2 Å². The summed E-state index contributed by atoms with van der Waals surface area (Å²) >= 11 is 0. The molecule has 0 aliphatic carbocycles. The van der Waals surface area contributed by atoms with E-state index in [0.717, 1.165) is 6.07 Å². The summed E-state index contributed by atoms with van der Waals surface area (Å²) in [4.78, 5) is 0. The summed E-state index contributed by atoms with van der Waals surface area (Å²) in [6, 6.07) is 3.68. The number of benzene rings is 1. The molecule has 1 N–H and O–H groups in total. The average molecular weight is 384 g/mol. The molecular weight excluding hydrogens is 357 g/mol. The van der Waals surface area contributed by atoms with Crippen LogP contribution in [0.25, 0.3) is 0 Å². The van der Waals surface area contributed by atoms with Gasteiger partial charge in [-0.2, -0.15) is 4.39 Å². The molecule has 3 nitrogen and oxygen atoms in total. The molecule has 0 heterocycles. The van der Waals surface area contributed by atoms with E-state index >= 15 is 0 Å². The van der Waals surface area contributed by atoms with Gasteiger partial charge in [0.1, 0.15) is 5.75 Å². The summed E-state index contributed by atoms with van der Waals surface area (Å²) < 4.78 is 52.0. The number of ether oxygens (including phenoxy) is 2. The van der Waals surface area contributed by atoms with E-state index in [2.05, 4.69) is 13.2 Å². The maximum absolute atomic E-state index is 14.2. The van der Waals surface area contributed by atoms with E-state index in [-0.39, 0.29) is 47.9 Å². The van der Waals surface area contributed by atoms with Crippen LogP contribution in [0.5, 0.6) is 11.5 Å². The zero-order chi connectivity index (χ0) is 20.6. The molecule has 0 aromatic heterocycles. The molecule has 150 valence electrons. The largest absolute Gasteiger partial charge is 0.508 e. The summed E-state index contributed by atoms with van der Waals surface area (Å²) in [5.74, 6) is -3.51. The minimum Gasteiger partial charge on any atom is -0.508 e. The Morgan fingerprint density at radius 2 is 1.81 bits per heavy atom. The lowest BCUT2D eigenvalue weighted by Crippen LogP contribution is -2.11. The molecule has 0 aliphatic rings. The SMILES string of the molecule is C=C(OCC)/C(F)=C(/F)C(=C)C(C)CCC(C)COc1ccc(O)cc1F. The quantitative estimate of drug-likeness (QED) is 0.364. The lowest BCUT2D eigenvalue weighted by Gasteiger charge is -2.18. The van der Waals surface area contributed by atoms with E-state index in [1.807, 2.05) is 6.92 Å². The minimum absolute atomic E-state index is 0.0473. The number of allylic oxidation sites excluding steroid dienone is 3. The molecular formula is C21H27F3O3. The second kappa shape index (κ2) is 10.7. The molecule has 1 aromatic carbocycles. The highest BCUT2D eigenvalue weighted by Gasteiger charge is 2.19. The van der Waals surface area contributed by atoms with Gasteiger partial charge in [-0.25, -0.2) is 8.78 Å². The minimum atomic E-state index is -1.13. The third-order valence-corrected chi connectivity index (χ3v) is 4.16. The van der Waals surface area contributed by atoms with Gasteiger partial charge < -0.3 is 14.6 Å². The first kappa shape index (κ1) is 22.7. The molecule has 0 bridgehead atoms. The van der Waals surface area contributed by atoms with Gasteiger partial charge in [-0.1, -0.05) is 27.0 Å². The molecule has 0 spiro atoms. The van der Waals surface area contributed by atoms with Gasteiger partial charge in [-0.15, -0.1) is 0 Å². The van der Waals surface area contributed by atoms with Crippen molar-refractivity contribution < 1.29 is 27.8 Å². The van der Waals surface area contributed by atoms with Crippen molar-refractivity contribution >= 4 is 0 Å². The maximum Gasteiger partial charge on any atom is 0.200 e. The number of phenols is 1. The van der Waals surface area contributed by atoms with Gasteiger partial charge in [0.15, 0.2) is 29.0 Å². The predicted molar refractivity (Wildman–Crippen MR) is 100 cm³/mol. The highest BCUT2D eigenvalue weighted by molar-refractivity contribution is 5.34. The van der Waals surface area contributed by atoms with E-state index in [1.165, 1.54) is 12.1 Å². The number of hydrogen-bond donors (Lipinski definition) is 1. The van der Waals surface area contributed by atoms with Gasteiger partial charge in [0.2, 0.25) is 0 Å². The molecule has 2 atom stereocenters. The Morgan fingerprint density at radius 1 is 1.15 bits per heavy atom. The Kier molecular flexibility index (Phi) is 8.98. The first-order chi connectivity index (χ1) is 12.7. The topological polar surface area (TPSA) is 38.7 Å². The molecule has 27 heavy (non-hydrogen) atoms. The molecule has 1 rings (SSSR count). The van der Waals surface area contributed by atoms with Crippen LogP contribution in [-0.2, 0) is 4.74 Å². The smallest absolute Gasteiger partial charge is 0.200 e. The summed E-state index contributed by atoms with van der Waals surface area (Å²) in [6.45, 7) is 12.8. The second-order valence-corrected chi connectivity index (χ2v) is 6.52. The van der Waals surface area contributed by atoms with Gasteiger partial charge in [0.25, 0.3) is 0 Å². The van der Waals surface area contributed by atoms with Crippen molar-refractivity contribution in [1.29, 1.82) is 0 Å². The molecule has 0 saturated heterocycles. The number of halogens is 3. The van der Waals surface area contributed by atoms with Gasteiger partial charge in [-0.3, -0.25) is 0 Å². The Labute approximate surface area is 158 Å². The van der Waals surface area contributed by atoms with E-state index in [1.54, 1.807) is 13.8 Å². The molecule has 0 aliphatic heterocycles. The highest BCUT2D eigenvalue weighted by Crippen LogP contribution is 2.30. The summed E-state index contributed by atoms with van der Waals surface area (Å²) in [5.41, 5.74) is 0.0473. The predicted octanol–water partition coefficient (Wildman–Crippen LogP) is 6.22. The van der Waals surface area contributed by atoms with Crippen LogP contribution in [0.4, 0.5) is 13.2 Å². The zero-order valence-corrected chi connectivity index (χ0v) is 16.0. The van der Waals surface area contributed by atoms with E-state index < -0.39 is 17.5 Å². The van der Waals surface area contributed by atoms with Crippen LogP contribution in [0, 0.1) is 17.7 Å². The Balaban J connectivity index is 2.52. The number of hydrogen-bond acceptors (Lipinski definition) is 3. The fourth-order valence-corrected chi connectivity index (χ4v) is 2.35. The van der Waals surface area contributed by atoms with Crippen LogP contribution in [-0.4, -0.2) is 18.3 Å². The molecule has 6 heteroatoms. The van der Waals surface area contributed by atoms with E-state index in [4.69, 9.17) is 9.47 Å². The fraction of sp³-hybridized carbons (Fsp3) is 0.429. The van der Waals surface area contributed by atoms with Gasteiger partial charge in [-0.05, 0) is 49.3 Å². The van der Waals surface area contributed by atoms with Gasteiger partial charge >= 0.3 is 0 Å². The lowest BCUT2D eigenvalue weighted by molar-refractivity contribution is 0.223. The van der Waals surface area contributed by atoms with Gasteiger partial charge in [0, 0.05) is 6.07 Å². The van der Waals surface area contributed by atoms with Gasteiger partial charge in [0.05, 0.1) is 13.2 Å². The lowest BCUT2D eigenvalue weighted by atomic mass is 9.92. The Morgan fingerprint density at radius 3 is 2.41 bits per heavy atom. The van der Waals surface area contributed by atoms with Crippen LogP contribution in [0.2, 0.25) is 0 Å². The van der Waals surface area contributed by atoms with Crippen LogP contribution < -0.4 is 4.74 Å². The maximum atomic E-state index is 14.2. The third-order valence-electron chi connectivity index (χ3n) is 4.16. The number of phenolic OH excluding ortho intramolecular Hbond substituents is 1. The normalized spacial score (nSPS) is 14.1. The molecule has 0 radical (unpaired) electrons. The van der Waals surface area contributed by atoms with Crippen molar-refractivity contribution in [2.45, 2.75) is 33.6 Å². The second-order valence-electron chi connectivity index (χ2n) is 6.52. The monoisotopic (exact) mass is 384 g/mol. The summed E-state index contributed by atoms with van der Waals surface area (Å²) in [6.07, 6.45) is 1.21. The Bertz CT molecular complexity index is 698. The van der Waals surface area contributed by atoms with Crippen LogP contribution >= 0.6 is 0 Å². The standard InChI is InChI=1S/C21H27F3O3/c1-6-26-16(5)21(24)20(23)15(4)14(3)8-7-13(2)12-27-19-10-9-17(25)11-18(19)22/h9-11,13-14,25H,4-8,12H2,1-3H3/b21-20-. The molecule has 1 aromatic rings. The zero-order valence-electron chi connectivity index (χ0n) is 16.0. The Hall–Kier alpha value is -2.37. The average Bonchev–Trinajstić information content (AvgIpc) is 2.63. The van der Waals surface area contributed by atoms with Crippen LogP contribution in [0.15, 0.2) is 54.3 Å². The van der Waals surface area contributed by atoms with E-state index in [0.29, 0.717) is 12.8 Å². The van der Waals surface area contributed by atoms with Crippen molar-refractivity contribution in [2.24, 2.45) is 11.8 Å². The molecule has 0 fully saturated rings. The molecule has 0 amide bonds. The highest BCUT2D eigenvalue weighted by atomic mass is 19.2. The third kappa shape index (κ3) is 7.04. The summed E-state index contributed by atoms with van der Waals surface area (Å²) in [5, 5.41) is 9.18. The summed E-state index contributed by atoms with van der Waals surface area (Å²) in [7, 11) is 0. The first-order valence-corrected chi connectivity index (χ1v) is 8.85. The molecule has 0 saturated carbocycles. The fourth-order valence-electron chi connectivity index (χ4n) is 2.35. The van der Waals surface area contributed by atoms with Crippen LogP contribution in [0.1, 0.15) is 33.6 Å². The van der Waals surface area contributed by atoms with Crippen LogP contribution in [0.3, 0.4) is 0 Å². The molecule has 2 unspecified atom stereocenters. The van der Waals surface area contributed by atoms with Crippen molar-refractivity contribution in [1.82, 2.24) is 0 Å². The number of aromatic hydroxyl groups is 1. The van der Waals surface area contributed by atoms with Crippen molar-refractivity contribution in [3.8, 4) is 11.5 Å². The van der Waals surface area contributed by atoms with Crippen molar-refractivity contribution in [3.05, 3.63) is 60.2 Å². The van der Waals surface area contributed by atoms with Crippen molar-refractivity contribution in [3.63, 3.8) is 0 Å².